The number of aromatic nitrogens is 2. The van der Waals surface area contributed by atoms with Crippen molar-refractivity contribution >= 4 is 34.3 Å². The molecule has 32 heavy (non-hydrogen) atoms. The maximum absolute atomic E-state index is 11.7. The molecule has 1 atom stereocenters. The van der Waals surface area contributed by atoms with Crippen LogP contribution in [0.3, 0.4) is 0 Å². The molecule has 0 saturated carbocycles. The van der Waals surface area contributed by atoms with E-state index in [4.69, 9.17) is 26.3 Å². The molecule has 0 aliphatic rings. The molecule has 3 rings (SSSR count). The van der Waals surface area contributed by atoms with Gasteiger partial charge in [0.05, 0.1) is 23.2 Å². The van der Waals surface area contributed by atoms with E-state index in [0.717, 1.165) is 49.2 Å². The second-order valence-corrected chi connectivity index (χ2v) is 8.22. The van der Waals surface area contributed by atoms with Crippen molar-refractivity contribution in [1.82, 2.24) is 14.9 Å². The normalized spacial score (nSPS) is 12.2. The van der Waals surface area contributed by atoms with Gasteiger partial charge in [-0.25, -0.2) is 14.8 Å². The van der Waals surface area contributed by atoms with Gasteiger partial charge in [0.15, 0.2) is 5.82 Å². The molecule has 1 unspecified atom stereocenters. The molecule has 0 bridgehead atoms. The quantitative estimate of drug-likeness (QED) is 0.399. The summed E-state index contributed by atoms with van der Waals surface area (Å²) in [6, 6.07) is 13.0. The van der Waals surface area contributed by atoms with Crippen LogP contribution in [-0.2, 0) is 4.74 Å². The van der Waals surface area contributed by atoms with E-state index in [9.17, 15) is 4.79 Å². The highest BCUT2D eigenvalue weighted by molar-refractivity contribution is 6.35. The molecule has 0 spiro atoms. The van der Waals surface area contributed by atoms with Crippen LogP contribution in [0.1, 0.15) is 44.0 Å². The van der Waals surface area contributed by atoms with Crippen molar-refractivity contribution < 1.29 is 9.53 Å². The van der Waals surface area contributed by atoms with Crippen LogP contribution in [0.25, 0.3) is 22.3 Å². The Hall–Kier alpha value is -2.70. The number of hydrogen-bond acceptors (Lipinski definition) is 6. The van der Waals surface area contributed by atoms with Crippen LogP contribution < -0.4 is 5.32 Å². The Bertz CT molecular complexity index is 1050. The summed E-state index contributed by atoms with van der Waals surface area (Å²) in [4.78, 5) is 23.7. The standard InChI is InChI=1S/C25H31ClN4O2/c1-5-30(6-2)16-8-9-17(3)27-24-20-10-7-11-21(26)22(20)28-23(29-24)18-12-14-19(15-13-18)25(31)32-4/h7,10-15,17H,5-6,8-9,16H2,1-4H3,(H,27,28,29). The number of anilines is 1. The summed E-state index contributed by atoms with van der Waals surface area (Å²) in [6.07, 6.45) is 2.15. The topological polar surface area (TPSA) is 67.4 Å². The highest BCUT2D eigenvalue weighted by atomic mass is 35.5. The number of benzene rings is 2. The van der Waals surface area contributed by atoms with Crippen molar-refractivity contribution in [2.45, 2.75) is 39.7 Å². The monoisotopic (exact) mass is 454 g/mol. The highest BCUT2D eigenvalue weighted by Gasteiger charge is 2.14. The fraction of sp³-hybridized carbons (Fsp3) is 0.400. The summed E-state index contributed by atoms with van der Waals surface area (Å²) in [6.45, 7) is 9.80. The molecule has 0 saturated heterocycles. The van der Waals surface area contributed by atoms with Crippen molar-refractivity contribution in [2.24, 2.45) is 0 Å². The molecule has 1 heterocycles. The van der Waals surface area contributed by atoms with Crippen LogP contribution in [0, 0.1) is 0 Å². The third kappa shape index (κ3) is 5.75. The first kappa shape index (κ1) is 24.0. The maximum atomic E-state index is 11.7. The number of esters is 1. The smallest absolute Gasteiger partial charge is 0.337 e. The first-order valence-electron chi connectivity index (χ1n) is 11.1. The van der Waals surface area contributed by atoms with Gasteiger partial charge in [0, 0.05) is 17.0 Å². The zero-order chi connectivity index (χ0) is 23.1. The summed E-state index contributed by atoms with van der Waals surface area (Å²) in [5.74, 6) is 0.944. The molecule has 0 radical (unpaired) electrons. The third-order valence-corrected chi connectivity index (χ3v) is 5.94. The second-order valence-electron chi connectivity index (χ2n) is 7.82. The summed E-state index contributed by atoms with van der Waals surface area (Å²) < 4.78 is 4.78. The molecule has 3 aromatic rings. The van der Waals surface area contributed by atoms with E-state index in [0.29, 0.717) is 21.9 Å². The summed E-state index contributed by atoms with van der Waals surface area (Å²) >= 11 is 6.48. The summed E-state index contributed by atoms with van der Waals surface area (Å²) in [5.41, 5.74) is 1.99. The fourth-order valence-corrected chi connectivity index (χ4v) is 3.91. The molecule has 1 N–H and O–H groups in total. The lowest BCUT2D eigenvalue weighted by atomic mass is 10.1. The minimum atomic E-state index is -0.375. The lowest BCUT2D eigenvalue weighted by Gasteiger charge is -2.20. The second kappa shape index (κ2) is 11.2. The molecular formula is C25H31ClN4O2. The number of nitrogens with one attached hydrogen (secondary N) is 1. The fourth-order valence-electron chi connectivity index (χ4n) is 3.70. The minimum Gasteiger partial charge on any atom is -0.465 e. The maximum Gasteiger partial charge on any atom is 0.337 e. The molecule has 1 aromatic heterocycles. The van der Waals surface area contributed by atoms with Crippen molar-refractivity contribution in [2.75, 3.05) is 32.1 Å². The SMILES string of the molecule is CCN(CC)CCCC(C)Nc1nc(-c2ccc(C(=O)OC)cc2)nc2c(Cl)cccc12. The van der Waals surface area contributed by atoms with Crippen LogP contribution in [-0.4, -0.2) is 53.6 Å². The van der Waals surface area contributed by atoms with E-state index in [1.54, 1.807) is 12.1 Å². The van der Waals surface area contributed by atoms with Crippen LogP contribution in [0.15, 0.2) is 42.5 Å². The number of halogens is 1. The highest BCUT2D eigenvalue weighted by Crippen LogP contribution is 2.30. The number of carbonyl (C=O) groups is 1. The molecule has 2 aromatic carbocycles. The average Bonchev–Trinajstić information content (AvgIpc) is 2.82. The van der Waals surface area contributed by atoms with Gasteiger partial charge in [0.1, 0.15) is 5.82 Å². The Morgan fingerprint density at radius 1 is 1.12 bits per heavy atom. The van der Waals surface area contributed by atoms with Gasteiger partial charge >= 0.3 is 5.97 Å². The molecule has 7 heteroatoms. The summed E-state index contributed by atoms with van der Waals surface area (Å²) in [7, 11) is 1.37. The van der Waals surface area contributed by atoms with E-state index >= 15 is 0 Å². The van der Waals surface area contributed by atoms with Crippen LogP contribution in [0.4, 0.5) is 5.82 Å². The number of nitrogens with zero attached hydrogens (tertiary/aromatic N) is 3. The van der Waals surface area contributed by atoms with Crippen LogP contribution in [0.5, 0.6) is 0 Å². The van der Waals surface area contributed by atoms with Crippen LogP contribution in [0.2, 0.25) is 5.02 Å². The van der Waals surface area contributed by atoms with E-state index in [1.165, 1.54) is 7.11 Å². The van der Waals surface area contributed by atoms with Crippen LogP contribution >= 0.6 is 11.6 Å². The van der Waals surface area contributed by atoms with Gasteiger partial charge in [-0.05, 0) is 63.7 Å². The number of ether oxygens (including phenoxy) is 1. The molecule has 0 aliphatic heterocycles. The predicted molar refractivity (Wildman–Crippen MR) is 131 cm³/mol. The minimum absolute atomic E-state index is 0.247. The lowest BCUT2D eigenvalue weighted by Crippen LogP contribution is -2.25. The van der Waals surface area contributed by atoms with E-state index in [-0.39, 0.29) is 12.0 Å². The number of hydrogen-bond donors (Lipinski definition) is 1. The third-order valence-electron chi connectivity index (χ3n) is 5.63. The van der Waals surface area contributed by atoms with Gasteiger partial charge in [-0.1, -0.05) is 43.6 Å². The van der Waals surface area contributed by atoms with Gasteiger partial charge in [-0.15, -0.1) is 0 Å². The zero-order valence-electron chi connectivity index (χ0n) is 19.2. The number of para-hydroxylation sites is 1. The van der Waals surface area contributed by atoms with Gasteiger partial charge in [-0.3, -0.25) is 0 Å². The average molecular weight is 455 g/mol. The van der Waals surface area contributed by atoms with Gasteiger partial charge in [0.2, 0.25) is 0 Å². The Balaban J connectivity index is 1.87. The predicted octanol–water partition coefficient (Wildman–Crippen LogP) is 5.66. The first-order chi connectivity index (χ1) is 15.5. The number of fused-ring (bicyclic) bond motifs is 1. The van der Waals surface area contributed by atoms with Gasteiger partial charge < -0.3 is 15.0 Å². The molecule has 0 amide bonds. The zero-order valence-corrected chi connectivity index (χ0v) is 19.9. The number of rotatable bonds is 10. The lowest BCUT2D eigenvalue weighted by molar-refractivity contribution is 0.0600. The first-order valence-corrected chi connectivity index (χ1v) is 11.5. The molecule has 6 nitrogen and oxygen atoms in total. The van der Waals surface area contributed by atoms with E-state index in [2.05, 4.69) is 31.0 Å². The molecular weight excluding hydrogens is 424 g/mol. The van der Waals surface area contributed by atoms with E-state index in [1.807, 2.05) is 30.3 Å². The number of methoxy groups -OCH3 is 1. The Labute approximate surface area is 195 Å². The molecule has 170 valence electrons. The van der Waals surface area contributed by atoms with Crippen molar-refractivity contribution in [1.29, 1.82) is 0 Å². The molecule has 0 aliphatic carbocycles. The van der Waals surface area contributed by atoms with Crippen molar-refractivity contribution in [3.8, 4) is 11.4 Å². The Morgan fingerprint density at radius 2 is 1.84 bits per heavy atom. The Morgan fingerprint density at radius 3 is 2.50 bits per heavy atom. The van der Waals surface area contributed by atoms with Gasteiger partial charge in [0.25, 0.3) is 0 Å². The molecule has 0 fully saturated rings. The largest absolute Gasteiger partial charge is 0.465 e. The van der Waals surface area contributed by atoms with Gasteiger partial charge in [-0.2, -0.15) is 0 Å². The van der Waals surface area contributed by atoms with Crippen molar-refractivity contribution in [3.05, 3.63) is 53.1 Å². The van der Waals surface area contributed by atoms with E-state index < -0.39 is 0 Å². The Kier molecular flexibility index (Phi) is 8.42. The number of carbonyl (C=O) groups excluding carboxylic acids is 1. The van der Waals surface area contributed by atoms with Crippen molar-refractivity contribution in [3.63, 3.8) is 0 Å². The summed E-state index contributed by atoms with van der Waals surface area (Å²) in [5, 5.41) is 5.04.